The van der Waals surface area contributed by atoms with Crippen molar-refractivity contribution in [3.05, 3.63) is 107 Å². The van der Waals surface area contributed by atoms with Gasteiger partial charge in [-0.05, 0) is 42.3 Å². The van der Waals surface area contributed by atoms with Gasteiger partial charge in [-0.2, -0.15) is 0 Å². The first-order valence-corrected chi connectivity index (χ1v) is 9.51. The van der Waals surface area contributed by atoms with Crippen molar-refractivity contribution < 1.29 is 9.53 Å². The fourth-order valence-corrected chi connectivity index (χ4v) is 3.33. The van der Waals surface area contributed by atoms with Crippen molar-refractivity contribution in [3.63, 3.8) is 0 Å². The van der Waals surface area contributed by atoms with Crippen molar-refractivity contribution in [2.24, 2.45) is 0 Å². The van der Waals surface area contributed by atoms with Gasteiger partial charge in [-0.15, -0.1) is 0 Å². The van der Waals surface area contributed by atoms with Crippen LogP contribution in [-0.4, -0.2) is 18.0 Å². The normalized spacial score (nSPS) is 11.8. The Labute approximate surface area is 170 Å². The molecule has 3 aromatic carbocycles. The van der Waals surface area contributed by atoms with Crippen LogP contribution in [0.3, 0.4) is 0 Å². The van der Waals surface area contributed by atoms with Gasteiger partial charge in [0.2, 0.25) is 0 Å². The van der Waals surface area contributed by atoms with Crippen molar-refractivity contribution in [3.8, 4) is 5.75 Å². The third kappa shape index (κ3) is 4.11. The van der Waals surface area contributed by atoms with E-state index in [1.165, 1.54) is 5.56 Å². The number of hydrogen-bond donors (Lipinski definition) is 1. The third-order valence-electron chi connectivity index (χ3n) is 4.95. The summed E-state index contributed by atoms with van der Waals surface area (Å²) >= 11 is 0. The minimum Gasteiger partial charge on any atom is -0.497 e. The zero-order valence-electron chi connectivity index (χ0n) is 16.4. The Morgan fingerprint density at radius 1 is 0.897 bits per heavy atom. The molecule has 0 aliphatic heterocycles. The molecule has 0 aliphatic rings. The molecule has 4 nitrogen and oxygen atoms in total. The van der Waals surface area contributed by atoms with Gasteiger partial charge in [-0.1, -0.05) is 66.2 Å². The summed E-state index contributed by atoms with van der Waals surface area (Å²) in [6.07, 6.45) is 0. The Morgan fingerprint density at radius 2 is 1.62 bits per heavy atom. The van der Waals surface area contributed by atoms with Crippen LogP contribution in [0.25, 0.3) is 10.9 Å². The van der Waals surface area contributed by atoms with Gasteiger partial charge in [0.25, 0.3) is 5.91 Å². The van der Waals surface area contributed by atoms with Crippen LogP contribution in [0.2, 0.25) is 0 Å². The highest BCUT2D eigenvalue weighted by atomic mass is 16.5. The van der Waals surface area contributed by atoms with Crippen LogP contribution in [0.4, 0.5) is 0 Å². The molecule has 29 heavy (non-hydrogen) atoms. The number of benzene rings is 3. The molecule has 1 atom stereocenters. The number of carbonyl (C=O) groups is 1. The first-order chi connectivity index (χ1) is 14.1. The number of carbonyl (C=O) groups excluding carboxylic acids is 1. The molecule has 0 bridgehead atoms. The number of pyridine rings is 1. The number of amides is 1. The number of fused-ring (bicyclic) bond motifs is 1. The van der Waals surface area contributed by atoms with Gasteiger partial charge in [0.05, 0.1) is 18.7 Å². The predicted molar refractivity (Wildman–Crippen MR) is 115 cm³/mol. The number of aryl methyl sites for hydroxylation is 1. The molecule has 4 heteroatoms. The fourth-order valence-electron chi connectivity index (χ4n) is 3.33. The van der Waals surface area contributed by atoms with Gasteiger partial charge < -0.3 is 10.1 Å². The molecule has 1 heterocycles. The van der Waals surface area contributed by atoms with E-state index in [-0.39, 0.29) is 11.9 Å². The van der Waals surface area contributed by atoms with Crippen LogP contribution >= 0.6 is 0 Å². The first-order valence-electron chi connectivity index (χ1n) is 9.51. The highest BCUT2D eigenvalue weighted by Crippen LogP contribution is 2.24. The summed E-state index contributed by atoms with van der Waals surface area (Å²) in [4.78, 5) is 17.6. The van der Waals surface area contributed by atoms with Crippen molar-refractivity contribution >= 4 is 16.8 Å². The molecule has 144 valence electrons. The highest BCUT2D eigenvalue weighted by Gasteiger charge is 2.18. The molecule has 0 aliphatic carbocycles. The summed E-state index contributed by atoms with van der Waals surface area (Å²) in [6.45, 7) is 2.05. The predicted octanol–water partition coefficient (Wildman–Crippen LogP) is 5.07. The molecule has 0 spiro atoms. The van der Waals surface area contributed by atoms with Crippen LogP contribution in [0.1, 0.15) is 33.2 Å². The van der Waals surface area contributed by atoms with E-state index in [1.807, 2.05) is 73.7 Å². The quantitative estimate of drug-likeness (QED) is 0.524. The largest absolute Gasteiger partial charge is 0.497 e. The molecule has 0 saturated carbocycles. The van der Waals surface area contributed by atoms with Crippen LogP contribution in [-0.2, 0) is 0 Å². The van der Waals surface area contributed by atoms with Crippen molar-refractivity contribution in [1.82, 2.24) is 10.3 Å². The summed E-state index contributed by atoms with van der Waals surface area (Å²) in [5, 5.41) is 4.08. The minimum absolute atomic E-state index is 0.211. The van der Waals surface area contributed by atoms with E-state index in [0.29, 0.717) is 5.69 Å². The monoisotopic (exact) mass is 382 g/mol. The van der Waals surface area contributed by atoms with Crippen LogP contribution < -0.4 is 10.1 Å². The van der Waals surface area contributed by atoms with Crippen molar-refractivity contribution in [1.29, 1.82) is 0 Å². The maximum absolute atomic E-state index is 13.0. The van der Waals surface area contributed by atoms with E-state index in [4.69, 9.17) is 4.74 Å². The summed E-state index contributed by atoms with van der Waals surface area (Å²) in [7, 11) is 1.63. The molecular formula is C25H22N2O2. The standard InChI is InChI=1S/C25H22N2O2/c1-17-8-10-19(11-9-17)24(18-6-4-3-5-7-18)27-25(28)23-14-12-20-16-21(29-2)13-15-22(20)26-23/h3-16,24H,1-2H3,(H,27,28). The lowest BCUT2D eigenvalue weighted by atomic mass is 9.97. The Kier molecular flexibility index (Phi) is 5.25. The number of nitrogens with zero attached hydrogens (tertiary/aromatic N) is 1. The van der Waals surface area contributed by atoms with E-state index < -0.39 is 0 Å². The molecule has 0 saturated heterocycles. The molecular weight excluding hydrogens is 360 g/mol. The summed E-state index contributed by atoms with van der Waals surface area (Å²) in [5.41, 5.74) is 4.37. The van der Waals surface area contributed by atoms with E-state index >= 15 is 0 Å². The number of aromatic nitrogens is 1. The topological polar surface area (TPSA) is 51.2 Å². The third-order valence-corrected chi connectivity index (χ3v) is 4.95. The van der Waals surface area contributed by atoms with Crippen LogP contribution in [0.15, 0.2) is 84.9 Å². The molecule has 0 radical (unpaired) electrons. The second kappa shape index (κ2) is 8.15. The number of hydrogen-bond acceptors (Lipinski definition) is 3. The van der Waals surface area contributed by atoms with Gasteiger partial charge in [0.15, 0.2) is 0 Å². The van der Waals surface area contributed by atoms with Gasteiger partial charge in [0, 0.05) is 5.39 Å². The lowest BCUT2D eigenvalue weighted by Crippen LogP contribution is -2.30. The Hall–Kier alpha value is -3.66. The number of methoxy groups -OCH3 is 1. The maximum atomic E-state index is 13.0. The zero-order valence-corrected chi connectivity index (χ0v) is 16.4. The molecule has 1 aromatic heterocycles. The van der Waals surface area contributed by atoms with Crippen LogP contribution in [0.5, 0.6) is 5.75 Å². The SMILES string of the molecule is COc1ccc2nc(C(=O)NC(c3ccccc3)c3ccc(C)cc3)ccc2c1. The summed E-state index contributed by atoms with van der Waals surface area (Å²) in [5.74, 6) is 0.553. The molecule has 0 fully saturated rings. The average Bonchev–Trinajstić information content (AvgIpc) is 2.78. The lowest BCUT2D eigenvalue weighted by molar-refractivity contribution is 0.0938. The van der Waals surface area contributed by atoms with Gasteiger partial charge in [0.1, 0.15) is 11.4 Å². The van der Waals surface area contributed by atoms with E-state index in [9.17, 15) is 4.79 Å². The molecule has 4 aromatic rings. The zero-order chi connectivity index (χ0) is 20.2. The number of nitrogens with one attached hydrogen (secondary N) is 1. The first kappa shape index (κ1) is 18.7. The fraction of sp³-hybridized carbons (Fsp3) is 0.120. The second-order valence-corrected chi connectivity index (χ2v) is 6.98. The Balaban J connectivity index is 1.65. The maximum Gasteiger partial charge on any atom is 0.270 e. The van der Waals surface area contributed by atoms with Crippen LogP contribution in [0, 0.1) is 6.92 Å². The smallest absolute Gasteiger partial charge is 0.270 e. The minimum atomic E-state index is -0.252. The molecule has 1 unspecified atom stereocenters. The van der Waals surface area contributed by atoms with Gasteiger partial charge in [-0.3, -0.25) is 4.79 Å². The van der Waals surface area contributed by atoms with Gasteiger partial charge >= 0.3 is 0 Å². The lowest BCUT2D eigenvalue weighted by Gasteiger charge is -2.20. The molecule has 4 rings (SSSR count). The summed E-state index contributed by atoms with van der Waals surface area (Å²) in [6, 6.07) is 27.2. The molecule has 1 N–H and O–H groups in total. The van der Waals surface area contributed by atoms with Crippen molar-refractivity contribution in [2.45, 2.75) is 13.0 Å². The van der Waals surface area contributed by atoms with E-state index in [2.05, 4.69) is 22.4 Å². The molecule has 1 amide bonds. The second-order valence-electron chi connectivity index (χ2n) is 6.98. The number of rotatable bonds is 5. The van der Waals surface area contributed by atoms with Crippen molar-refractivity contribution in [2.75, 3.05) is 7.11 Å². The highest BCUT2D eigenvalue weighted by molar-refractivity contribution is 5.95. The Bertz CT molecular complexity index is 1140. The van der Waals surface area contributed by atoms with E-state index in [0.717, 1.165) is 27.8 Å². The number of ether oxygens (including phenoxy) is 1. The average molecular weight is 382 g/mol. The van der Waals surface area contributed by atoms with Gasteiger partial charge in [-0.25, -0.2) is 4.98 Å². The summed E-state index contributed by atoms with van der Waals surface area (Å²) < 4.78 is 5.25. The Morgan fingerprint density at radius 3 is 2.34 bits per heavy atom. The van der Waals surface area contributed by atoms with E-state index in [1.54, 1.807) is 13.2 Å².